The van der Waals surface area contributed by atoms with E-state index in [2.05, 4.69) is 47.2 Å². The van der Waals surface area contributed by atoms with Gasteiger partial charge in [0, 0.05) is 19.5 Å². The summed E-state index contributed by atoms with van der Waals surface area (Å²) in [6.07, 6.45) is 2.42. The Morgan fingerprint density at radius 3 is 1.55 bits per heavy atom. The zero-order valence-electron chi connectivity index (χ0n) is 39.2. The van der Waals surface area contributed by atoms with Gasteiger partial charge in [0.25, 0.3) is 0 Å². The standard InChI is InChI=1S/C44H69N15O9S/c1-25(2)36(37(46)63)59-41(67)31(12-8-19-52-44(49)50)57-39(65)30(11-7-18-51-43(47)48)56-40(66)32(17-20-69-3)58-42(68)33(22-26-9-5-4-6-10-26)55-35(62)24-53-34(61)23-54-38(64)29(45)21-27-13-15-28(60)16-14-27/h4-6,9-10,13-16,25,29-33,36,60H,7-8,11-12,17-24,45H2,1-3H3,(H2,46,63)(H,53,61)(H,54,64)(H,55,62)(H,56,66)(H,57,65)(H,58,68)(H,59,67)(H4,47,48,51)(H4,49,50,52). The molecule has 0 aliphatic rings. The number of nitrogens with two attached hydrogens (primary N) is 6. The van der Waals surface area contributed by atoms with E-state index in [0.717, 1.165) is 0 Å². The van der Waals surface area contributed by atoms with Crippen LogP contribution < -0.4 is 71.6 Å². The highest BCUT2D eigenvalue weighted by Crippen LogP contribution is 2.12. The monoisotopic (exact) mass is 984 g/mol. The van der Waals surface area contributed by atoms with Crippen molar-refractivity contribution in [3.05, 3.63) is 65.7 Å². The first-order chi connectivity index (χ1) is 32.7. The van der Waals surface area contributed by atoms with Gasteiger partial charge in [0.15, 0.2) is 11.9 Å². The largest absolute Gasteiger partial charge is 0.508 e. The van der Waals surface area contributed by atoms with Gasteiger partial charge in [0.2, 0.25) is 47.3 Å². The maximum atomic E-state index is 14.1. The first kappa shape index (κ1) is 58.0. The summed E-state index contributed by atoms with van der Waals surface area (Å²) in [6.45, 7) is 2.49. The van der Waals surface area contributed by atoms with E-state index in [9.17, 15) is 43.5 Å². The number of guanidine groups is 2. The lowest BCUT2D eigenvalue weighted by molar-refractivity contribution is -0.135. The lowest BCUT2D eigenvalue weighted by Crippen LogP contribution is -2.59. The molecule has 0 saturated carbocycles. The van der Waals surface area contributed by atoms with E-state index >= 15 is 0 Å². The summed E-state index contributed by atoms with van der Waals surface area (Å²) in [4.78, 5) is 114. The molecule has 0 aromatic heterocycles. The molecule has 0 aliphatic heterocycles. The number of rotatable bonds is 31. The maximum Gasteiger partial charge on any atom is 0.243 e. The zero-order chi connectivity index (χ0) is 51.5. The quantitative estimate of drug-likeness (QED) is 0.0196. The zero-order valence-corrected chi connectivity index (χ0v) is 40.0. The van der Waals surface area contributed by atoms with Crippen molar-refractivity contribution in [2.24, 2.45) is 50.3 Å². The normalized spacial score (nSPS) is 13.4. The van der Waals surface area contributed by atoms with Crippen molar-refractivity contribution < 1.29 is 43.5 Å². The van der Waals surface area contributed by atoms with Crippen molar-refractivity contribution in [1.29, 1.82) is 0 Å². The van der Waals surface area contributed by atoms with Gasteiger partial charge in [-0.1, -0.05) is 56.3 Å². The predicted octanol–water partition coefficient (Wildman–Crippen LogP) is -3.84. The molecule has 0 fully saturated rings. The van der Waals surface area contributed by atoms with Gasteiger partial charge in [-0.25, -0.2) is 0 Å². The molecule has 6 atom stereocenters. The number of primary amides is 1. The van der Waals surface area contributed by atoms with Crippen molar-refractivity contribution in [3.63, 3.8) is 0 Å². The lowest BCUT2D eigenvalue weighted by atomic mass is 10.0. The molecule has 0 aliphatic carbocycles. The lowest BCUT2D eigenvalue weighted by Gasteiger charge is -2.27. The molecule has 2 aromatic rings. The summed E-state index contributed by atoms with van der Waals surface area (Å²) in [5, 5.41) is 27.5. The number of phenols is 1. The molecule has 2 aromatic carbocycles. The predicted molar refractivity (Wildman–Crippen MR) is 262 cm³/mol. The third-order valence-electron chi connectivity index (χ3n) is 10.2. The van der Waals surface area contributed by atoms with E-state index in [4.69, 9.17) is 34.4 Å². The summed E-state index contributed by atoms with van der Waals surface area (Å²) >= 11 is 1.39. The highest BCUT2D eigenvalue weighted by atomic mass is 32.2. The van der Waals surface area contributed by atoms with Crippen LogP contribution in [0.3, 0.4) is 0 Å². The summed E-state index contributed by atoms with van der Waals surface area (Å²) in [5.74, 6) is -6.21. The number of benzene rings is 2. The Hall–Kier alpha value is -7.15. The molecule has 0 saturated heterocycles. The fourth-order valence-electron chi connectivity index (χ4n) is 6.51. The molecule has 24 nitrogen and oxygen atoms in total. The average molecular weight is 984 g/mol. The summed E-state index contributed by atoms with van der Waals surface area (Å²) in [7, 11) is 0. The SMILES string of the molecule is CSCCC(NC(=O)C(Cc1ccccc1)NC(=O)CNC(=O)CNC(=O)C(N)Cc1ccc(O)cc1)C(=O)NC(CCCN=C(N)N)C(=O)NC(CCCN=C(N)N)C(=O)NC(C(N)=O)C(C)C. The molecule has 380 valence electrons. The summed E-state index contributed by atoms with van der Waals surface area (Å²) < 4.78 is 0. The van der Waals surface area contributed by atoms with Gasteiger partial charge in [0.05, 0.1) is 19.1 Å². The number of hydrogen-bond donors (Lipinski definition) is 14. The molecule has 8 amide bonds. The van der Waals surface area contributed by atoms with E-state index in [0.29, 0.717) is 16.9 Å². The third kappa shape index (κ3) is 23.4. The fourth-order valence-corrected chi connectivity index (χ4v) is 6.98. The van der Waals surface area contributed by atoms with E-state index < -0.39 is 96.6 Å². The van der Waals surface area contributed by atoms with Gasteiger partial charge in [-0.15, -0.1) is 0 Å². The van der Waals surface area contributed by atoms with Gasteiger partial charge in [-0.2, -0.15) is 11.8 Å². The second kappa shape index (κ2) is 31.0. The molecule has 2 rings (SSSR count). The number of amides is 8. The van der Waals surface area contributed by atoms with Crippen molar-refractivity contribution in [2.75, 3.05) is 38.2 Å². The molecular formula is C44H69N15O9S. The van der Waals surface area contributed by atoms with Crippen LogP contribution in [0.4, 0.5) is 0 Å². The number of carbonyl (C=O) groups excluding carboxylic acids is 8. The number of phenolic OH excluding ortho intramolecular Hbond substituents is 1. The van der Waals surface area contributed by atoms with Gasteiger partial charge in [-0.05, 0) is 79.7 Å². The Morgan fingerprint density at radius 1 is 0.580 bits per heavy atom. The molecule has 0 radical (unpaired) electrons. The maximum absolute atomic E-state index is 14.1. The van der Waals surface area contributed by atoms with Crippen molar-refractivity contribution in [1.82, 2.24) is 37.2 Å². The molecule has 0 heterocycles. The van der Waals surface area contributed by atoms with Crippen LogP contribution in [-0.4, -0.2) is 139 Å². The van der Waals surface area contributed by atoms with E-state index in [1.807, 2.05) is 0 Å². The van der Waals surface area contributed by atoms with E-state index in [1.165, 1.54) is 23.9 Å². The van der Waals surface area contributed by atoms with Gasteiger partial charge >= 0.3 is 0 Å². The number of aromatic hydroxyl groups is 1. The third-order valence-corrected chi connectivity index (χ3v) is 10.8. The van der Waals surface area contributed by atoms with Crippen LogP contribution in [0.1, 0.15) is 57.1 Å². The first-order valence-electron chi connectivity index (χ1n) is 22.2. The summed E-state index contributed by atoms with van der Waals surface area (Å²) in [6, 6.07) is 7.75. The number of carbonyl (C=O) groups is 8. The van der Waals surface area contributed by atoms with Crippen molar-refractivity contribution >= 4 is 70.9 Å². The Bertz CT molecular complexity index is 2070. The first-order valence-corrected chi connectivity index (χ1v) is 23.6. The minimum absolute atomic E-state index is 0.0193. The fraction of sp³-hybridized carbons (Fsp3) is 0.500. The highest BCUT2D eigenvalue weighted by molar-refractivity contribution is 7.98. The Labute approximate surface area is 405 Å². The van der Waals surface area contributed by atoms with Gasteiger partial charge < -0.3 is 76.7 Å². The number of nitrogens with zero attached hydrogens (tertiary/aromatic N) is 2. The molecule has 6 unspecified atom stereocenters. The van der Waals surface area contributed by atoms with Crippen LogP contribution in [0.15, 0.2) is 64.6 Å². The Kier molecular flexibility index (Phi) is 26.0. The van der Waals surface area contributed by atoms with Gasteiger partial charge in [-0.3, -0.25) is 48.3 Å². The molecule has 0 spiro atoms. The van der Waals surface area contributed by atoms with Gasteiger partial charge in [0.1, 0.15) is 36.0 Å². The number of aliphatic imine (C=N–C) groups is 2. The van der Waals surface area contributed by atoms with Crippen molar-refractivity contribution in [2.45, 2.75) is 95.0 Å². The van der Waals surface area contributed by atoms with E-state index in [-0.39, 0.29) is 81.6 Å². The van der Waals surface area contributed by atoms with Crippen LogP contribution in [0.25, 0.3) is 0 Å². The van der Waals surface area contributed by atoms with E-state index in [1.54, 1.807) is 62.6 Å². The highest BCUT2D eigenvalue weighted by Gasteiger charge is 2.33. The molecule has 0 bridgehead atoms. The van der Waals surface area contributed by atoms with Crippen LogP contribution in [0.5, 0.6) is 5.75 Å². The van der Waals surface area contributed by atoms with Crippen LogP contribution >= 0.6 is 11.8 Å². The second-order valence-electron chi connectivity index (χ2n) is 16.3. The molecule has 69 heavy (non-hydrogen) atoms. The smallest absolute Gasteiger partial charge is 0.243 e. The number of thioether (sulfide) groups is 1. The topological polar surface area (TPSA) is 422 Å². The minimum atomic E-state index is -1.30. The second-order valence-corrected chi connectivity index (χ2v) is 17.3. The summed E-state index contributed by atoms with van der Waals surface area (Å²) in [5.41, 5.74) is 34.7. The van der Waals surface area contributed by atoms with Crippen molar-refractivity contribution in [3.8, 4) is 5.75 Å². The van der Waals surface area contributed by atoms with Crippen LogP contribution in [0.2, 0.25) is 0 Å². The molecule has 20 N–H and O–H groups in total. The Balaban J connectivity index is 2.27. The number of nitrogens with one attached hydrogen (secondary N) is 7. The number of hydrogen-bond acceptors (Lipinski definition) is 13. The minimum Gasteiger partial charge on any atom is -0.508 e. The molecular weight excluding hydrogens is 915 g/mol. The Morgan fingerprint density at radius 2 is 1.06 bits per heavy atom. The van der Waals surface area contributed by atoms with Crippen LogP contribution in [0, 0.1) is 5.92 Å². The average Bonchev–Trinajstić information content (AvgIpc) is 3.30. The van der Waals surface area contributed by atoms with Crippen LogP contribution in [-0.2, 0) is 51.2 Å². The molecule has 25 heteroatoms.